The Bertz CT molecular complexity index is 540. The molecule has 2 heterocycles. The van der Waals surface area contributed by atoms with Crippen LogP contribution < -0.4 is 11.3 Å². The van der Waals surface area contributed by atoms with Crippen molar-refractivity contribution in [2.75, 3.05) is 0 Å². The smallest absolute Gasteiger partial charge is 0.280 e. The van der Waals surface area contributed by atoms with Gasteiger partial charge in [-0.2, -0.15) is 5.10 Å². The van der Waals surface area contributed by atoms with Crippen molar-refractivity contribution in [3.05, 3.63) is 16.6 Å². The number of aromatic nitrogens is 5. The largest absolute Gasteiger partial charge is 0.326 e. The molecule has 0 aliphatic carbocycles. The van der Waals surface area contributed by atoms with E-state index < -0.39 is 0 Å². The van der Waals surface area contributed by atoms with Crippen molar-refractivity contribution in [1.82, 2.24) is 24.8 Å². The fourth-order valence-corrected chi connectivity index (χ4v) is 1.37. The number of rotatable bonds is 2. The average Bonchev–Trinajstić information content (AvgIpc) is 2.53. The van der Waals surface area contributed by atoms with E-state index in [4.69, 9.17) is 5.73 Å². The van der Waals surface area contributed by atoms with E-state index in [1.54, 1.807) is 7.05 Å². The summed E-state index contributed by atoms with van der Waals surface area (Å²) in [5, 5.41) is 12.1. The van der Waals surface area contributed by atoms with Gasteiger partial charge in [0.2, 0.25) is 0 Å². The molecule has 7 heteroatoms. The van der Waals surface area contributed by atoms with Crippen LogP contribution in [0.15, 0.2) is 11.0 Å². The van der Waals surface area contributed by atoms with Crippen LogP contribution in [0.4, 0.5) is 0 Å². The highest BCUT2D eigenvalue weighted by atomic mass is 16.1. The molecule has 0 bridgehead atoms. The molecule has 0 aromatic carbocycles. The maximum atomic E-state index is 11.8. The summed E-state index contributed by atoms with van der Waals surface area (Å²) in [5.74, 6) is 0. The van der Waals surface area contributed by atoms with Crippen molar-refractivity contribution in [2.24, 2.45) is 12.8 Å². The minimum Gasteiger partial charge on any atom is -0.326 e. The molecule has 15 heavy (non-hydrogen) atoms. The molecule has 0 aliphatic heterocycles. The standard InChI is InChI=1S/C8H12N6O/c1-5(9)4-14-8(15)6-3-10-13(2)7(6)11-12-14/h3,5H,4,9H2,1-2H3/t5-/m1/s1. The average molecular weight is 208 g/mol. The Morgan fingerprint density at radius 2 is 2.33 bits per heavy atom. The first kappa shape index (κ1) is 9.78. The Morgan fingerprint density at radius 1 is 1.60 bits per heavy atom. The second kappa shape index (κ2) is 3.43. The van der Waals surface area contributed by atoms with Crippen molar-refractivity contribution in [3.8, 4) is 0 Å². The molecule has 0 saturated carbocycles. The fourth-order valence-electron chi connectivity index (χ4n) is 1.37. The molecule has 0 amide bonds. The van der Waals surface area contributed by atoms with Crippen LogP contribution in [0.5, 0.6) is 0 Å². The summed E-state index contributed by atoms with van der Waals surface area (Å²) in [4.78, 5) is 11.8. The molecule has 0 radical (unpaired) electrons. The van der Waals surface area contributed by atoms with Gasteiger partial charge in [0.05, 0.1) is 12.7 Å². The monoisotopic (exact) mass is 208 g/mol. The van der Waals surface area contributed by atoms with Crippen LogP contribution in [0.25, 0.3) is 11.0 Å². The van der Waals surface area contributed by atoms with E-state index in [1.165, 1.54) is 15.6 Å². The summed E-state index contributed by atoms with van der Waals surface area (Å²) in [5.41, 5.74) is 5.88. The highest BCUT2D eigenvalue weighted by molar-refractivity contribution is 5.72. The quantitative estimate of drug-likeness (QED) is 0.674. The predicted molar refractivity (Wildman–Crippen MR) is 54.2 cm³/mol. The topological polar surface area (TPSA) is 91.6 Å². The van der Waals surface area contributed by atoms with E-state index in [0.717, 1.165) is 0 Å². The van der Waals surface area contributed by atoms with Gasteiger partial charge < -0.3 is 5.73 Å². The van der Waals surface area contributed by atoms with Crippen molar-refractivity contribution < 1.29 is 0 Å². The summed E-state index contributed by atoms with van der Waals surface area (Å²) in [6.45, 7) is 2.16. The molecule has 0 saturated heterocycles. The molecule has 0 unspecified atom stereocenters. The third kappa shape index (κ3) is 1.61. The van der Waals surface area contributed by atoms with Gasteiger partial charge in [-0.05, 0) is 6.92 Å². The number of nitrogens with zero attached hydrogens (tertiary/aromatic N) is 5. The zero-order chi connectivity index (χ0) is 11.0. The number of hydrogen-bond donors (Lipinski definition) is 1. The normalized spacial score (nSPS) is 13.3. The van der Waals surface area contributed by atoms with Crippen LogP contribution >= 0.6 is 0 Å². The number of fused-ring (bicyclic) bond motifs is 1. The van der Waals surface area contributed by atoms with Gasteiger partial charge in [0.25, 0.3) is 5.56 Å². The lowest BCUT2D eigenvalue weighted by Gasteiger charge is -2.05. The molecule has 7 nitrogen and oxygen atoms in total. The van der Waals surface area contributed by atoms with Gasteiger partial charge in [-0.1, -0.05) is 5.21 Å². The maximum absolute atomic E-state index is 11.8. The molecule has 2 aromatic heterocycles. The molecule has 2 aromatic rings. The Morgan fingerprint density at radius 3 is 3.00 bits per heavy atom. The molecular weight excluding hydrogens is 196 g/mol. The van der Waals surface area contributed by atoms with Crippen LogP contribution in [0.3, 0.4) is 0 Å². The predicted octanol–water partition coefficient (Wildman–Crippen LogP) is -1.13. The summed E-state index contributed by atoms with van der Waals surface area (Å²) in [6, 6.07) is -0.133. The number of nitrogens with two attached hydrogens (primary N) is 1. The lowest BCUT2D eigenvalue weighted by atomic mass is 10.3. The van der Waals surface area contributed by atoms with Crippen LogP contribution in [0.2, 0.25) is 0 Å². The van der Waals surface area contributed by atoms with Gasteiger partial charge in [-0.3, -0.25) is 4.79 Å². The number of aryl methyl sites for hydroxylation is 1. The molecular formula is C8H12N6O. The van der Waals surface area contributed by atoms with Gasteiger partial charge in [-0.15, -0.1) is 5.10 Å². The first-order chi connectivity index (χ1) is 7.09. The van der Waals surface area contributed by atoms with Gasteiger partial charge >= 0.3 is 0 Å². The van der Waals surface area contributed by atoms with Crippen molar-refractivity contribution in [2.45, 2.75) is 19.5 Å². The maximum Gasteiger partial charge on any atom is 0.280 e. The van der Waals surface area contributed by atoms with Crippen molar-refractivity contribution in [1.29, 1.82) is 0 Å². The highest BCUT2D eigenvalue weighted by Gasteiger charge is 2.09. The Kier molecular flexibility index (Phi) is 2.24. The van der Waals surface area contributed by atoms with Crippen LogP contribution in [0.1, 0.15) is 6.92 Å². The molecule has 80 valence electrons. The van der Waals surface area contributed by atoms with Gasteiger partial charge in [0, 0.05) is 13.1 Å². The van der Waals surface area contributed by atoms with Crippen LogP contribution in [-0.2, 0) is 13.6 Å². The highest BCUT2D eigenvalue weighted by Crippen LogP contribution is 2.01. The molecule has 0 spiro atoms. The molecule has 0 fully saturated rings. The van der Waals surface area contributed by atoms with E-state index in [1.807, 2.05) is 6.92 Å². The second-order valence-corrected chi connectivity index (χ2v) is 3.56. The van der Waals surface area contributed by atoms with Crippen LogP contribution in [0, 0.1) is 0 Å². The lowest BCUT2D eigenvalue weighted by Crippen LogP contribution is -2.32. The van der Waals surface area contributed by atoms with Gasteiger partial charge in [0.1, 0.15) is 5.39 Å². The minimum atomic E-state index is -0.203. The summed E-state index contributed by atoms with van der Waals surface area (Å²) >= 11 is 0. The Balaban J connectivity index is 2.61. The summed E-state index contributed by atoms with van der Waals surface area (Å²) < 4.78 is 2.77. The van der Waals surface area contributed by atoms with Crippen molar-refractivity contribution in [3.63, 3.8) is 0 Å². The third-order valence-electron chi connectivity index (χ3n) is 2.08. The van der Waals surface area contributed by atoms with E-state index in [-0.39, 0.29) is 11.6 Å². The third-order valence-corrected chi connectivity index (χ3v) is 2.08. The Labute approximate surface area is 85.5 Å². The van der Waals surface area contributed by atoms with E-state index in [9.17, 15) is 4.79 Å². The van der Waals surface area contributed by atoms with Gasteiger partial charge in [-0.25, -0.2) is 9.36 Å². The van der Waals surface area contributed by atoms with Gasteiger partial charge in [0.15, 0.2) is 5.65 Å². The van der Waals surface area contributed by atoms with E-state index >= 15 is 0 Å². The van der Waals surface area contributed by atoms with Crippen LogP contribution in [-0.4, -0.2) is 30.8 Å². The van der Waals surface area contributed by atoms with E-state index in [2.05, 4.69) is 15.4 Å². The summed E-state index contributed by atoms with van der Waals surface area (Å²) in [6.07, 6.45) is 1.49. The molecule has 0 aliphatic rings. The summed E-state index contributed by atoms with van der Waals surface area (Å²) in [7, 11) is 1.71. The molecule has 2 N–H and O–H groups in total. The Hall–Kier alpha value is -1.76. The zero-order valence-corrected chi connectivity index (χ0v) is 8.58. The SMILES string of the molecule is C[C@@H](N)Cn1nnc2c(cnn2C)c1=O. The fraction of sp³-hybridized carbons (Fsp3) is 0.500. The van der Waals surface area contributed by atoms with Crippen molar-refractivity contribution >= 4 is 11.0 Å². The first-order valence-corrected chi connectivity index (χ1v) is 4.60. The lowest BCUT2D eigenvalue weighted by molar-refractivity contribution is 0.493. The van der Waals surface area contributed by atoms with E-state index in [0.29, 0.717) is 17.6 Å². The minimum absolute atomic E-state index is 0.133. The molecule has 1 atom stereocenters. The first-order valence-electron chi connectivity index (χ1n) is 4.60. The zero-order valence-electron chi connectivity index (χ0n) is 8.58. The number of hydrogen-bond acceptors (Lipinski definition) is 5. The second-order valence-electron chi connectivity index (χ2n) is 3.56. The molecule has 2 rings (SSSR count).